The van der Waals surface area contributed by atoms with Gasteiger partial charge in [0, 0.05) is 6.54 Å². The molecular weight excluding hydrogens is 218 g/mol. The molecule has 0 aliphatic heterocycles. The lowest BCUT2D eigenvalue weighted by atomic mass is 10.3. The minimum Gasteiger partial charge on any atom is -0.344 e. The van der Waals surface area contributed by atoms with Gasteiger partial charge in [0.25, 0.3) is 0 Å². The molecule has 0 spiro atoms. The maximum Gasteiger partial charge on any atom is 0.237 e. The van der Waals surface area contributed by atoms with E-state index < -0.39 is 0 Å². The third-order valence-electron chi connectivity index (χ3n) is 2.36. The number of aryl methyl sites for hydroxylation is 1. The van der Waals surface area contributed by atoms with Crippen LogP contribution in [0, 0.1) is 12.3 Å². The normalized spacial score (nSPS) is 11.8. The first-order valence-electron chi connectivity index (χ1n) is 5.50. The van der Waals surface area contributed by atoms with Crippen LogP contribution < -0.4 is 10.6 Å². The molecule has 1 aromatic heterocycles. The van der Waals surface area contributed by atoms with Crippen molar-refractivity contribution in [3.8, 4) is 12.3 Å². The molecule has 1 rings (SSSR count). The van der Waals surface area contributed by atoms with Crippen LogP contribution in [0.4, 0.5) is 0 Å². The summed E-state index contributed by atoms with van der Waals surface area (Å²) in [6.07, 6.45) is 6.73. The topological polar surface area (TPSA) is 71.8 Å². The highest BCUT2D eigenvalue weighted by Gasteiger charge is 2.12. The molecule has 1 unspecified atom stereocenters. The Morgan fingerprint density at radius 1 is 1.71 bits per heavy atom. The summed E-state index contributed by atoms with van der Waals surface area (Å²) in [5.74, 6) is 3.04. The third-order valence-corrected chi connectivity index (χ3v) is 2.36. The van der Waals surface area contributed by atoms with Crippen LogP contribution in [0.2, 0.25) is 0 Å². The van der Waals surface area contributed by atoms with Crippen molar-refractivity contribution in [2.45, 2.75) is 33.0 Å². The van der Waals surface area contributed by atoms with Crippen molar-refractivity contribution < 1.29 is 4.79 Å². The lowest BCUT2D eigenvalue weighted by Crippen LogP contribution is -2.42. The van der Waals surface area contributed by atoms with Crippen LogP contribution >= 0.6 is 0 Å². The van der Waals surface area contributed by atoms with E-state index in [1.807, 2.05) is 11.5 Å². The number of hydrogen-bond donors (Lipinski definition) is 2. The fourth-order valence-electron chi connectivity index (χ4n) is 1.31. The van der Waals surface area contributed by atoms with Gasteiger partial charge in [0.1, 0.15) is 12.2 Å². The number of aromatic nitrogens is 3. The van der Waals surface area contributed by atoms with E-state index in [9.17, 15) is 4.79 Å². The number of terminal acetylenes is 1. The Kier molecular flexibility index (Phi) is 5.17. The molecule has 1 amide bonds. The fraction of sp³-hybridized carbons (Fsp3) is 0.545. The van der Waals surface area contributed by atoms with Gasteiger partial charge in [0.15, 0.2) is 0 Å². The van der Waals surface area contributed by atoms with Crippen LogP contribution in [-0.2, 0) is 17.9 Å². The summed E-state index contributed by atoms with van der Waals surface area (Å²) in [4.78, 5) is 11.5. The van der Waals surface area contributed by atoms with Crippen LogP contribution in [0.25, 0.3) is 0 Å². The van der Waals surface area contributed by atoms with E-state index in [2.05, 4.69) is 26.8 Å². The Morgan fingerprint density at radius 2 is 2.47 bits per heavy atom. The van der Waals surface area contributed by atoms with Crippen molar-refractivity contribution in [1.29, 1.82) is 0 Å². The zero-order chi connectivity index (χ0) is 12.7. The number of nitrogens with one attached hydrogen (secondary N) is 2. The van der Waals surface area contributed by atoms with E-state index in [4.69, 9.17) is 6.42 Å². The molecule has 6 heteroatoms. The molecule has 0 aromatic carbocycles. The van der Waals surface area contributed by atoms with Gasteiger partial charge in [0.05, 0.1) is 19.1 Å². The van der Waals surface area contributed by atoms with E-state index in [0.717, 1.165) is 12.4 Å². The van der Waals surface area contributed by atoms with Gasteiger partial charge in [-0.15, -0.1) is 16.6 Å². The highest BCUT2D eigenvalue weighted by molar-refractivity contribution is 5.81. The van der Waals surface area contributed by atoms with E-state index in [1.165, 1.54) is 0 Å². The van der Waals surface area contributed by atoms with Gasteiger partial charge >= 0.3 is 0 Å². The highest BCUT2D eigenvalue weighted by atomic mass is 16.2. The van der Waals surface area contributed by atoms with Gasteiger partial charge in [0.2, 0.25) is 5.91 Å². The zero-order valence-electron chi connectivity index (χ0n) is 10.1. The predicted octanol–water partition coefficient (Wildman–Crippen LogP) is -0.474. The molecule has 0 fully saturated rings. The molecule has 1 atom stereocenters. The molecule has 0 aliphatic rings. The second-order valence-corrected chi connectivity index (χ2v) is 3.56. The number of hydrogen-bond acceptors (Lipinski definition) is 4. The maximum atomic E-state index is 11.5. The van der Waals surface area contributed by atoms with Gasteiger partial charge in [-0.1, -0.05) is 5.92 Å². The molecule has 0 saturated heterocycles. The molecule has 0 aliphatic carbocycles. The second kappa shape index (κ2) is 6.66. The zero-order valence-corrected chi connectivity index (χ0v) is 10.1. The van der Waals surface area contributed by atoms with Crippen LogP contribution in [0.3, 0.4) is 0 Å². The first kappa shape index (κ1) is 13.2. The number of rotatable bonds is 6. The van der Waals surface area contributed by atoms with Crippen molar-refractivity contribution in [3.63, 3.8) is 0 Å². The standard InChI is InChI=1S/C11H17N5O/c1-4-6-12-11(17)9(3)13-7-10-15-14-8-16(10)5-2/h1,8-9,13H,5-7H2,2-3H3,(H,12,17). The van der Waals surface area contributed by atoms with E-state index >= 15 is 0 Å². The third kappa shape index (κ3) is 3.89. The predicted molar refractivity (Wildman–Crippen MR) is 63.8 cm³/mol. The first-order valence-corrected chi connectivity index (χ1v) is 5.50. The Morgan fingerprint density at radius 3 is 3.12 bits per heavy atom. The van der Waals surface area contributed by atoms with Crippen molar-refractivity contribution in [2.24, 2.45) is 0 Å². The lowest BCUT2D eigenvalue weighted by molar-refractivity contribution is -0.122. The molecular formula is C11H17N5O. The Balaban J connectivity index is 2.40. The monoisotopic (exact) mass is 235 g/mol. The van der Waals surface area contributed by atoms with Crippen molar-refractivity contribution in [3.05, 3.63) is 12.2 Å². The Hall–Kier alpha value is -1.87. The van der Waals surface area contributed by atoms with Gasteiger partial charge in [-0.05, 0) is 13.8 Å². The summed E-state index contributed by atoms with van der Waals surface area (Å²) in [7, 11) is 0. The minimum atomic E-state index is -0.314. The number of nitrogens with zero attached hydrogens (tertiary/aromatic N) is 3. The van der Waals surface area contributed by atoms with Crippen molar-refractivity contribution in [1.82, 2.24) is 25.4 Å². The largest absolute Gasteiger partial charge is 0.344 e. The van der Waals surface area contributed by atoms with Gasteiger partial charge in [-0.3, -0.25) is 10.1 Å². The lowest BCUT2D eigenvalue weighted by Gasteiger charge is -2.12. The van der Waals surface area contributed by atoms with Crippen molar-refractivity contribution in [2.75, 3.05) is 6.54 Å². The van der Waals surface area contributed by atoms with Crippen LogP contribution in [0.1, 0.15) is 19.7 Å². The summed E-state index contributed by atoms with van der Waals surface area (Å²) < 4.78 is 1.92. The first-order chi connectivity index (χ1) is 8.19. The highest BCUT2D eigenvalue weighted by Crippen LogP contribution is 1.95. The molecule has 0 bridgehead atoms. The molecule has 92 valence electrons. The van der Waals surface area contributed by atoms with E-state index in [0.29, 0.717) is 6.54 Å². The summed E-state index contributed by atoms with van der Waals surface area (Å²) in [6.45, 7) is 5.34. The number of carbonyl (C=O) groups excluding carboxylic acids is 1. The van der Waals surface area contributed by atoms with Crippen LogP contribution in [0.5, 0.6) is 0 Å². The fourth-order valence-corrected chi connectivity index (χ4v) is 1.31. The van der Waals surface area contributed by atoms with Crippen LogP contribution in [0.15, 0.2) is 6.33 Å². The van der Waals surface area contributed by atoms with Gasteiger partial charge < -0.3 is 9.88 Å². The molecule has 1 aromatic rings. The molecule has 0 radical (unpaired) electrons. The van der Waals surface area contributed by atoms with E-state index in [1.54, 1.807) is 13.3 Å². The maximum absolute atomic E-state index is 11.5. The SMILES string of the molecule is C#CCNC(=O)C(C)NCc1nncn1CC. The number of amides is 1. The average Bonchev–Trinajstić information content (AvgIpc) is 2.80. The molecule has 17 heavy (non-hydrogen) atoms. The van der Waals surface area contributed by atoms with Crippen molar-refractivity contribution >= 4 is 5.91 Å². The molecule has 0 saturated carbocycles. The van der Waals surface area contributed by atoms with E-state index in [-0.39, 0.29) is 18.5 Å². The second-order valence-electron chi connectivity index (χ2n) is 3.56. The Labute approximate surface area is 101 Å². The molecule has 1 heterocycles. The average molecular weight is 235 g/mol. The van der Waals surface area contributed by atoms with Gasteiger partial charge in [-0.2, -0.15) is 0 Å². The quantitative estimate of drug-likeness (QED) is 0.654. The summed E-state index contributed by atoms with van der Waals surface area (Å²) in [5, 5.41) is 13.5. The summed E-state index contributed by atoms with van der Waals surface area (Å²) >= 11 is 0. The minimum absolute atomic E-state index is 0.120. The van der Waals surface area contributed by atoms with Crippen LogP contribution in [-0.4, -0.2) is 33.3 Å². The summed E-state index contributed by atoms with van der Waals surface area (Å²) in [6, 6.07) is -0.314. The summed E-state index contributed by atoms with van der Waals surface area (Å²) in [5.41, 5.74) is 0. The molecule has 6 nitrogen and oxygen atoms in total. The molecule has 2 N–H and O–H groups in total. The smallest absolute Gasteiger partial charge is 0.237 e. The van der Waals surface area contributed by atoms with Gasteiger partial charge in [-0.25, -0.2) is 0 Å². The number of carbonyl (C=O) groups is 1. The Bertz CT molecular complexity index is 406.